The van der Waals surface area contributed by atoms with Crippen molar-refractivity contribution >= 4 is 17.3 Å². The van der Waals surface area contributed by atoms with E-state index in [1.807, 2.05) is 19.1 Å². The number of fused-ring (bicyclic) bond motifs is 3. The Kier molecular flexibility index (Phi) is 4.58. The first-order valence-corrected chi connectivity index (χ1v) is 9.35. The number of non-ortho nitro benzene ring substituents is 1. The van der Waals surface area contributed by atoms with Gasteiger partial charge in [0.05, 0.1) is 23.8 Å². The summed E-state index contributed by atoms with van der Waals surface area (Å²) in [4.78, 5) is 23.2. The zero-order valence-corrected chi connectivity index (χ0v) is 15.8. The summed E-state index contributed by atoms with van der Waals surface area (Å²) >= 11 is 0. The summed E-state index contributed by atoms with van der Waals surface area (Å²) < 4.78 is 5.37. The van der Waals surface area contributed by atoms with E-state index in [1.54, 1.807) is 24.3 Å². The fourth-order valence-electron chi connectivity index (χ4n) is 4.11. The minimum absolute atomic E-state index is 0.0370. The van der Waals surface area contributed by atoms with Crippen LogP contribution >= 0.6 is 0 Å². The maximum Gasteiger partial charge on any atom is 0.269 e. The number of ether oxygens (including phenoxy) is 1. The standard InChI is InChI=1S/C21H21N3O4/c1-3-19(25)23-21(14-4-8-15(9-5-14)24(26)27)17-11-7-13-6-10-16(28-2)12-18(13)20(17)22-23/h4-6,8-10,12,17,21H,3,7,11H2,1-2H3/t17-,21-/m1/s1. The van der Waals surface area contributed by atoms with Crippen LogP contribution in [0.2, 0.25) is 0 Å². The highest BCUT2D eigenvalue weighted by Crippen LogP contribution is 2.44. The van der Waals surface area contributed by atoms with Crippen LogP contribution < -0.4 is 4.74 Å². The van der Waals surface area contributed by atoms with Crippen LogP contribution in [0.5, 0.6) is 5.75 Å². The topological polar surface area (TPSA) is 85.0 Å². The molecular weight excluding hydrogens is 358 g/mol. The summed E-state index contributed by atoms with van der Waals surface area (Å²) in [5.41, 5.74) is 4.01. The van der Waals surface area contributed by atoms with Gasteiger partial charge >= 0.3 is 0 Å². The lowest BCUT2D eigenvalue weighted by molar-refractivity contribution is -0.384. The van der Waals surface area contributed by atoms with Gasteiger partial charge in [-0.2, -0.15) is 5.10 Å². The minimum Gasteiger partial charge on any atom is -0.497 e. The zero-order chi connectivity index (χ0) is 19.8. The van der Waals surface area contributed by atoms with Gasteiger partial charge in [0, 0.05) is 30.0 Å². The molecule has 0 unspecified atom stereocenters. The largest absolute Gasteiger partial charge is 0.497 e. The third-order valence-electron chi connectivity index (χ3n) is 5.53. The number of nitro groups is 1. The molecule has 144 valence electrons. The number of nitrogens with zero attached hydrogens (tertiary/aromatic N) is 3. The van der Waals surface area contributed by atoms with E-state index in [9.17, 15) is 14.9 Å². The Morgan fingerprint density at radius 3 is 2.68 bits per heavy atom. The predicted octanol–water partition coefficient (Wildman–Crippen LogP) is 3.86. The predicted molar refractivity (Wildman–Crippen MR) is 104 cm³/mol. The van der Waals surface area contributed by atoms with Gasteiger partial charge in [0.15, 0.2) is 0 Å². The molecule has 7 heteroatoms. The van der Waals surface area contributed by atoms with Crippen molar-refractivity contribution in [3.8, 4) is 5.75 Å². The fourth-order valence-corrected chi connectivity index (χ4v) is 4.11. The molecule has 4 rings (SSSR count). The van der Waals surface area contributed by atoms with Crippen molar-refractivity contribution in [2.75, 3.05) is 7.11 Å². The number of benzene rings is 2. The fraction of sp³-hybridized carbons (Fsp3) is 0.333. The first kappa shape index (κ1) is 18.2. The highest BCUT2D eigenvalue weighted by molar-refractivity contribution is 6.07. The Morgan fingerprint density at radius 1 is 1.29 bits per heavy atom. The van der Waals surface area contributed by atoms with Crippen LogP contribution in [0.3, 0.4) is 0 Å². The monoisotopic (exact) mass is 379 g/mol. The highest BCUT2D eigenvalue weighted by Gasteiger charge is 2.43. The molecule has 0 aromatic heterocycles. The highest BCUT2D eigenvalue weighted by atomic mass is 16.6. The smallest absolute Gasteiger partial charge is 0.269 e. The van der Waals surface area contributed by atoms with Crippen molar-refractivity contribution in [2.45, 2.75) is 32.2 Å². The molecule has 2 aromatic rings. The van der Waals surface area contributed by atoms with E-state index in [4.69, 9.17) is 9.84 Å². The van der Waals surface area contributed by atoms with Crippen molar-refractivity contribution in [2.24, 2.45) is 11.0 Å². The van der Waals surface area contributed by atoms with Crippen molar-refractivity contribution in [3.05, 3.63) is 69.3 Å². The summed E-state index contributed by atoms with van der Waals surface area (Å²) in [5, 5.41) is 17.3. The molecule has 1 heterocycles. The molecule has 0 saturated heterocycles. The van der Waals surface area contributed by atoms with Gasteiger partial charge in [0.1, 0.15) is 5.75 Å². The number of hydrazone groups is 1. The van der Waals surface area contributed by atoms with Crippen molar-refractivity contribution < 1.29 is 14.5 Å². The van der Waals surface area contributed by atoms with Gasteiger partial charge in [0.2, 0.25) is 5.91 Å². The average Bonchev–Trinajstić information content (AvgIpc) is 3.12. The molecule has 0 fully saturated rings. The summed E-state index contributed by atoms with van der Waals surface area (Å²) in [6, 6.07) is 12.2. The van der Waals surface area contributed by atoms with Crippen molar-refractivity contribution in [1.29, 1.82) is 0 Å². The molecule has 0 saturated carbocycles. The Hall–Kier alpha value is -3.22. The molecule has 0 spiro atoms. The zero-order valence-electron chi connectivity index (χ0n) is 15.8. The van der Waals surface area contributed by atoms with Crippen LogP contribution in [-0.4, -0.2) is 28.7 Å². The van der Waals surface area contributed by atoms with Gasteiger partial charge < -0.3 is 4.74 Å². The number of aryl methyl sites for hydroxylation is 1. The van der Waals surface area contributed by atoms with Crippen LogP contribution in [0.25, 0.3) is 0 Å². The number of methoxy groups -OCH3 is 1. The van der Waals surface area contributed by atoms with Gasteiger partial charge in [-0.3, -0.25) is 14.9 Å². The van der Waals surface area contributed by atoms with E-state index < -0.39 is 4.92 Å². The van der Waals surface area contributed by atoms with Crippen molar-refractivity contribution in [1.82, 2.24) is 5.01 Å². The van der Waals surface area contributed by atoms with Gasteiger partial charge in [-0.05, 0) is 36.1 Å². The number of hydrogen-bond donors (Lipinski definition) is 0. The molecule has 1 aliphatic carbocycles. The van der Waals surface area contributed by atoms with E-state index in [1.165, 1.54) is 17.7 Å². The summed E-state index contributed by atoms with van der Waals surface area (Å²) in [6.07, 6.45) is 2.10. The Balaban J connectivity index is 1.77. The molecule has 28 heavy (non-hydrogen) atoms. The van der Waals surface area contributed by atoms with Gasteiger partial charge in [0.25, 0.3) is 5.69 Å². The second-order valence-corrected chi connectivity index (χ2v) is 7.04. The summed E-state index contributed by atoms with van der Waals surface area (Å²) in [7, 11) is 1.63. The Morgan fingerprint density at radius 2 is 2.04 bits per heavy atom. The van der Waals surface area contributed by atoms with Crippen LogP contribution in [-0.2, 0) is 11.2 Å². The molecule has 1 amide bonds. The lowest BCUT2D eigenvalue weighted by Gasteiger charge is -2.29. The van der Waals surface area contributed by atoms with Crippen LogP contribution in [0, 0.1) is 16.0 Å². The van der Waals surface area contributed by atoms with Crippen LogP contribution in [0.1, 0.15) is 42.5 Å². The Bertz CT molecular complexity index is 968. The number of carbonyl (C=O) groups is 1. The number of nitro benzene ring substituents is 1. The lowest BCUT2D eigenvalue weighted by Crippen LogP contribution is -2.31. The molecule has 2 aliphatic rings. The molecule has 0 bridgehead atoms. The number of hydrogen-bond acceptors (Lipinski definition) is 5. The normalized spacial score (nSPS) is 20.2. The maximum atomic E-state index is 12.6. The second-order valence-electron chi connectivity index (χ2n) is 7.04. The second kappa shape index (κ2) is 7.07. The minimum atomic E-state index is -0.418. The molecule has 0 radical (unpaired) electrons. The third kappa shape index (κ3) is 2.93. The summed E-state index contributed by atoms with van der Waals surface area (Å²) in [6.45, 7) is 1.81. The first-order chi connectivity index (χ1) is 13.5. The molecule has 7 nitrogen and oxygen atoms in total. The molecule has 2 atom stereocenters. The third-order valence-corrected chi connectivity index (χ3v) is 5.53. The van der Waals surface area contributed by atoms with Crippen LogP contribution in [0.4, 0.5) is 5.69 Å². The van der Waals surface area contributed by atoms with Gasteiger partial charge in [-0.25, -0.2) is 5.01 Å². The maximum absolute atomic E-state index is 12.6. The van der Waals surface area contributed by atoms with E-state index in [2.05, 4.69) is 6.07 Å². The van der Waals surface area contributed by atoms with E-state index in [-0.39, 0.29) is 23.6 Å². The Labute approximate surface area is 162 Å². The van der Waals surface area contributed by atoms with E-state index >= 15 is 0 Å². The van der Waals surface area contributed by atoms with Gasteiger partial charge in [-0.15, -0.1) is 0 Å². The van der Waals surface area contributed by atoms with Crippen LogP contribution in [0.15, 0.2) is 47.6 Å². The summed E-state index contributed by atoms with van der Waals surface area (Å²) in [5.74, 6) is 0.750. The number of carbonyl (C=O) groups excluding carboxylic acids is 1. The quantitative estimate of drug-likeness (QED) is 0.596. The van der Waals surface area contributed by atoms with Gasteiger partial charge in [-0.1, -0.05) is 25.1 Å². The molecule has 1 aliphatic heterocycles. The first-order valence-electron chi connectivity index (χ1n) is 9.35. The number of amides is 1. The molecule has 2 aromatic carbocycles. The van der Waals surface area contributed by atoms with E-state index in [0.717, 1.165) is 35.4 Å². The molecule has 0 N–H and O–H groups in total. The van der Waals surface area contributed by atoms with E-state index in [0.29, 0.717) is 6.42 Å². The average molecular weight is 379 g/mol. The SMILES string of the molecule is CCC(=O)N1N=C2c3cc(OC)ccc3CC[C@H]2[C@H]1c1ccc([N+](=O)[O-])cc1. The molecular formula is C21H21N3O4. The number of rotatable bonds is 4. The van der Waals surface area contributed by atoms with Crippen molar-refractivity contribution in [3.63, 3.8) is 0 Å². The lowest BCUT2D eigenvalue weighted by atomic mass is 9.77.